The zero-order chi connectivity index (χ0) is 13.5. The lowest BCUT2D eigenvalue weighted by Crippen LogP contribution is -2.01. The van der Waals surface area contributed by atoms with Gasteiger partial charge in [0.05, 0.1) is 12.8 Å². The van der Waals surface area contributed by atoms with Crippen LogP contribution in [0, 0.1) is 0 Å². The summed E-state index contributed by atoms with van der Waals surface area (Å²) in [6.45, 7) is 2.77. The summed E-state index contributed by atoms with van der Waals surface area (Å²) in [4.78, 5) is 9.58. The van der Waals surface area contributed by atoms with E-state index < -0.39 is 0 Å². The molecule has 0 fully saturated rings. The van der Waals surface area contributed by atoms with Crippen molar-refractivity contribution < 1.29 is 4.74 Å². The van der Waals surface area contributed by atoms with Crippen molar-refractivity contribution in [3.8, 4) is 5.88 Å². The molecule has 0 saturated carbocycles. The van der Waals surface area contributed by atoms with Crippen LogP contribution < -0.4 is 4.74 Å². The molecule has 0 bridgehead atoms. The van der Waals surface area contributed by atoms with Crippen molar-refractivity contribution in [2.45, 2.75) is 29.7 Å². The maximum Gasteiger partial charge on any atom is 0.247 e. The van der Waals surface area contributed by atoms with Crippen LogP contribution in [0.15, 0.2) is 46.5 Å². The maximum absolute atomic E-state index is 5.90. The zero-order valence-electron chi connectivity index (χ0n) is 10.7. The van der Waals surface area contributed by atoms with Crippen LogP contribution in [0.5, 0.6) is 5.88 Å². The van der Waals surface area contributed by atoms with E-state index in [4.69, 9.17) is 16.3 Å². The highest BCUT2D eigenvalue weighted by molar-refractivity contribution is 7.99. The quantitative estimate of drug-likeness (QED) is 0.737. The standard InChI is InChI=1S/C14H15ClN2OS/c1-2-3-9-18-13-14(17-12(15)10-16-13)19-11-7-5-4-6-8-11/h4-8,10H,2-3,9H2,1H3. The average Bonchev–Trinajstić information content (AvgIpc) is 2.43. The van der Waals surface area contributed by atoms with Crippen molar-refractivity contribution in [1.82, 2.24) is 9.97 Å². The Hall–Kier alpha value is -1.26. The lowest BCUT2D eigenvalue weighted by molar-refractivity contribution is 0.287. The summed E-state index contributed by atoms with van der Waals surface area (Å²) < 4.78 is 5.65. The molecular formula is C14H15ClN2OS. The lowest BCUT2D eigenvalue weighted by atomic mass is 10.4. The molecule has 0 unspecified atom stereocenters. The second-order valence-electron chi connectivity index (χ2n) is 3.92. The van der Waals surface area contributed by atoms with Gasteiger partial charge in [0.2, 0.25) is 5.88 Å². The molecule has 5 heteroatoms. The summed E-state index contributed by atoms with van der Waals surface area (Å²) in [6.07, 6.45) is 3.60. The second-order valence-corrected chi connectivity index (χ2v) is 5.37. The zero-order valence-corrected chi connectivity index (χ0v) is 12.2. The van der Waals surface area contributed by atoms with Crippen molar-refractivity contribution in [1.29, 1.82) is 0 Å². The molecule has 0 aliphatic rings. The second kappa shape index (κ2) is 7.36. The van der Waals surface area contributed by atoms with Crippen LogP contribution in [0.4, 0.5) is 0 Å². The minimum Gasteiger partial charge on any atom is -0.476 e. The molecule has 2 rings (SSSR count). The van der Waals surface area contributed by atoms with Gasteiger partial charge in [0, 0.05) is 4.90 Å². The molecule has 0 saturated heterocycles. The third kappa shape index (κ3) is 4.40. The van der Waals surface area contributed by atoms with E-state index in [1.54, 1.807) is 0 Å². The summed E-state index contributed by atoms with van der Waals surface area (Å²) >= 11 is 7.41. The van der Waals surface area contributed by atoms with Gasteiger partial charge in [0.25, 0.3) is 0 Å². The highest BCUT2D eigenvalue weighted by atomic mass is 35.5. The minimum atomic E-state index is 0.376. The number of benzene rings is 1. The molecule has 0 amide bonds. The molecule has 1 aromatic heterocycles. The van der Waals surface area contributed by atoms with E-state index in [0.717, 1.165) is 17.7 Å². The van der Waals surface area contributed by atoms with E-state index in [9.17, 15) is 0 Å². The van der Waals surface area contributed by atoms with Crippen LogP contribution in [-0.4, -0.2) is 16.6 Å². The molecule has 2 aromatic rings. The average molecular weight is 295 g/mol. The van der Waals surface area contributed by atoms with Gasteiger partial charge in [-0.05, 0) is 18.6 Å². The summed E-state index contributed by atoms with van der Waals surface area (Å²) in [5.74, 6) is 0.548. The van der Waals surface area contributed by atoms with Gasteiger partial charge >= 0.3 is 0 Å². The Labute approximate surface area is 122 Å². The topological polar surface area (TPSA) is 35.0 Å². The van der Waals surface area contributed by atoms with Crippen molar-refractivity contribution >= 4 is 23.4 Å². The summed E-state index contributed by atoms with van der Waals surface area (Å²) in [7, 11) is 0. The molecule has 0 N–H and O–H groups in total. The maximum atomic E-state index is 5.90. The van der Waals surface area contributed by atoms with E-state index in [1.165, 1.54) is 18.0 Å². The first-order valence-electron chi connectivity index (χ1n) is 6.18. The van der Waals surface area contributed by atoms with Crippen LogP contribution in [-0.2, 0) is 0 Å². The molecule has 19 heavy (non-hydrogen) atoms. The van der Waals surface area contributed by atoms with Gasteiger partial charge in [-0.1, -0.05) is 54.9 Å². The Balaban J connectivity index is 2.15. The highest BCUT2D eigenvalue weighted by Gasteiger charge is 2.10. The van der Waals surface area contributed by atoms with Gasteiger partial charge in [-0.2, -0.15) is 0 Å². The summed E-state index contributed by atoms with van der Waals surface area (Å²) in [5.41, 5.74) is 0. The summed E-state index contributed by atoms with van der Waals surface area (Å²) in [5, 5.41) is 1.08. The van der Waals surface area contributed by atoms with Crippen LogP contribution in [0.2, 0.25) is 5.15 Å². The van der Waals surface area contributed by atoms with E-state index in [0.29, 0.717) is 22.7 Å². The fourth-order valence-corrected chi connectivity index (χ4v) is 2.46. The minimum absolute atomic E-state index is 0.376. The Bertz CT molecular complexity index is 522. The number of ether oxygens (including phenoxy) is 1. The molecule has 0 radical (unpaired) electrons. The monoisotopic (exact) mass is 294 g/mol. The molecule has 0 aliphatic carbocycles. The number of aromatic nitrogens is 2. The van der Waals surface area contributed by atoms with Crippen molar-refractivity contribution in [2.24, 2.45) is 0 Å². The smallest absolute Gasteiger partial charge is 0.247 e. The van der Waals surface area contributed by atoms with Gasteiger partial charge < -0.3 is 4.74 Å². The number of nitrogens with zero attached hydrogens (tertiary/aromatic N) is 2. The first kappa shape index (κ1) is 14.2. The van der Waals surface area contributed by atoms with Crippen LogP contribution in [0.1, 0.15) is 19.8 Å². The predicted molar refractivity (Wildman–Crippen MR) is 78.0 cm³/mol. The van der Waals surface area contributed by atoms with E-state index >= 15 is 0 Å². The Morgan fingerprint density at radius 1 is 1.26 bits per heavy atom. The molecule has 100 valence electrons. The molecule has 0 aliphatic heterocycles. The normalized spacial score (nSPS) is 10.4. The molecule has 0 spiro atoms. The van der Waals surface area contributed by atoms with Gasteiger partial charge in [-0.15, -0.1) is 0 Å². The Kier molecular flexibility index (Phi) is 5.48. The van der Waals surface area contributed by atoms with Crippen molar-refractivity contribution in [3.05, 3.63) is 41.7 Å². The third-order valence-electron chi connectivity index (χ3n) is 2.37. The Morgan fingerprint density at radius 2 is 2.05 bits per heavy atom. The van der Waals surface area contributed by atoms with E-state index in [2.05, 4.69) is 16.9 Å². The first-order valence-corrected chi connectivity index (χ1v) is 7.37. The van der Waals surface area contributed by atoms with Gasteiger partial charge in [0.1, 0.15) is 5.15 Å². The fraction of sp³-hybridized carbons (Fsp3) is 0.286. The number of hydrogen-bond acceptors (Lipinski definition) is 4. The van der Waals surface area contributed by atoms with Gasteiger partial charge in [-0.3, -0.25) is 0 Å². The number of rotatable bonds is 6. The largest absolute Gasteiger partial charge is 0.476 e. The third-order valence-corrected chi connectivity index (χ3v) is 3.52. The van der Waals surface area contributed by atoms with Crippen molar-refractivity contribution in [2.75, 3.05) is 6.61 Å². The van der Waals surface area contributed by atoms with E-state index in [1.807, 2.05) is 30.3 Å². The molecule has 1 heterocycles. The van der Waals surface area contributed by atoms with Gasteiger partial charge in [0.15, 0.2) is 5.03 Å². The van der Waals surface area contributed by atoms with Crippen LogP contribution in [0.25, 0.3) is 0 Å². The summed E-state index contributed by atoms with van der Waals surface area (Å²) in [6, 6.07) is 9.98. The van der Waals surface area contributed by atoms with Crippen molar-refractivity contribution in [3.63, 3.8) is 0 Å². The van der Waals surface area contributed by atoms with Crippen LogP contribution in [0.3, 0.4) is 0 Å². The predicted octanol–water partition coefficient (Wildman–Crippen LogP) is 4.46. The molecule has 0 atom stereocenters. The number of halogens is 1. The van der Waals surface area contributed by atoms with E-state index in [-0.39, 0.29) is 0 Å². The van der Waals surface area contributed by atoms with Gasteiger partial charge in [-0.25, -0.2) is 9.97 Å². The number of hydrogen-bond donors (Lipinski definition) is 0. The SMILES string of the molecule is CCCCOc1ncc(Cl)nc1Sc1ccccc1. The Morgan fingerprint density at radius 3 is 2.79 bits per heavy atom. The highest BCUT2D eigenvalue weighted by Crippen LogP contribution is 2.32. The first-order chi connectivity index (χ1) is 9.29. The lowest BCUT2D eigenvalue weighted by Gasteiger charge is -2.09. The number of unbranched alkanes of at least 4 members (excludes halogenated alkanes) is 1. The molecule has 3 nitrogen and oxygen atoms in total. The fourth-order valence-electron chi connectivity index (χ4n) is 1.42. The van der Waals surface area contributed by atoms with Crippen LogP contribution >= 0.6 is 23.4 Å². The molecular weight excluding hydrogens is 280 g/mol. The molecule has 1 aromatic carbocycles.